The maximum absolute atomic E-state index is 14.7. The number of aromatic nitrogens is 8. The zero-order valence-corrected chi connectivity index (χ0v) is 22.5. The van der Waals surface area contributed by atoms with Crippen molar-refractivity contribution in [1.82, 2.24) is 44.8 Å². The topological polar surface area (TPSA) is 104 Å². The van der Waals surface area contributed by atoms with E-state index in [1.165, 1.54) is 0 Å². The Morgan fingerprint density at radius 2 is 1.92 bits per heavy atom. The first-order valence-electron chi connectivity index (χ1n) is 13.1. The smallest absolute Gasteiger partial charge is 0.178 e. The first-order valence-corrected chi connectivity index (χ1v) is 13.1. The molecule has 0 amide bonds. The van der Waals surface area contributed by atoms with Crippen LogP contribution in [-0.2, 0) is 19.9 Å². The van der Waals surface area contributed by atoms with Crippen molar-refractivity contribution in [2.45, 2.75) is 26.2 Å². The van der Waals surface area contributed by atoms with Gasteiger partial charge in [-0.3, -0.25) is 9.78 Å². The maximum atomic E-state index is 14.7. The zero-order valence-electron chi connectivity index (χ0n) is 22.5. The molecule has 0 fully saturated rings. The second kappa shape index (κ2) is 10.0. The second-order valence-electron chi connectivity index (χ2n) is 10.1. The van der Waals surface area contributed by atoms with Crippen molar-refractivity contribution in [3.63, 3.8) is 0 Å². The summed E-state index contributed by atoms with van der Waals surface area (Å²) in [6, 6.07) is 11.0. The molecule has 0 atom stereocenters. The van der Waals surface area contributed by atoms with Crippen molar-refractivity contribution < 1.29 is 4.39 Å². The van der Waals surface area contributed by atoms with Crippen LogP contribution in [0.3, 0.4) is 0 Å². The van der Waals surface area contributed by atoms with Crippen LogP contribution in [0.5, 0.6) is 0 Å². The number of aromatic amines is 2. The van der Waals surface area contributed by atoms with E-state index in [1.807, 2.05) is 56.3 Å². The Kier molecular flexibility index (Phi) is 6.40. The molecular formula is C29H30FN9. The summed E-state index contributed by atoms with van der Waals surface area (Å²) in [5, 5.41) is 12.1. The number of hydrogen-bond donors (Lipinski definition) is 2. The molecule has 0 aliphatic heterocycles. The van der Waals surface area contributed by atoms with Crippen LogP contribution in [0.4, 0.5) is 4.39 Å². The van der Waals surface area contributed by atoms with Gasteiger partial charge in [-0.1, -0.05) is 13.0 Å². The summed E-state index contributed by atoms with van der Waals surface area (Å²) in [5.41, 5.74) is 8.76. The molecule has 0 spiro atoms. The molecule has 0 saturated carbocycles. The van der Waals surface area contributed by atoms with Gasteiger partial charge in [0.2, 0.25) is 0 Å². The van der Waals surface area contributed by atoms with E-state index in [-0.39, 0.29) is 5.82 Å². The highest BCUT2D eigenvalue weighted by Gasteiger charge is 2.19. The van der Waals surface area contributed by atoms with Crippen molar-refractivity contribution >= 4 is 22.2 Å². The fourth-order valence-electron chi connectivity index (χ4n) is 5.04. The molecule has 2 N–H and O–H groups in total. The number of imidazole rings is 1. The minimum atomic E-state index is -0.256. The number of benzene rings is 1. The van der Waals surface area contributed by atoms with E-state index >= 15 is 0 Å². The van der Waals surface area contributed by atoms with E-state index in [0.717, 1.165) is 70.5 Å². The Bertz CT molecular complexity index is 1790. The number of hydrogen-bond acceptors (Lipinski definition) is 6. The first-order chi connectivity index (χ1) is 18.9. The molecule has 10 heteroatoms. The molecule has 0 aliphatic carbocycles. The van der Waals surface area contributed by atoms with Crippen molar-refractivity contribution in [3.8, 4) is 33.9 Å². The average molecular weight is 524 g/mol. The lowest BCUT2D eigenvalue weighted by Gasteiger charge is -2.10. The summed E-state index contributed by atoms with van der Waals surface area (Å²) >= 11 is 0. The predicted octanol–water partition coefficient (Wildman–Crippen LogP) is 5.16. The van der Waals surface area contributed by atoms with Crippen molar-refractivity contribution in [3.05, 3.63) is 65.9 Å². The second-order valence-corrected chi connectivity index (χ2v) is 10.1. The SMILES string of the molecule is CCc1nn(C)cc1-c1ccc2[nH]nc(-c3nc4nccc(-c5cc(F)cc(CCCN(C)C)c5)c4[nH]3)c2n1. The van der Waals surface area contributed by atoms with E-state index in [9.17, 15) is 4.39 Å². The molecule has 5 heterocycles. The third-order valence-corrected chi connectivity index (χ3v) is 6.88. The van der Waals surface area contributed by atoms with Gasteiger partial charge in [-0.05, 0) is 81.4 Å². The van der Waals surface area contributed by atoms with Crippen LogP contribution in [0.15, 0.2) is 48.8 Å². The molecule has 5 aromatic heterocycles. The van der Waals surface area contributed by atoms with Gasteiger partial charge in [0.05, 0.1) is 22.4 Å². The fraction of sp³-hybridized carbons (Fsp3) is 0.276. The highest BCUT2D eigenvalue weighted by Crippen LogP contribution is 2.32. The molecule has 0 radical (unpaired) electrons. The highest BCUT2D eigenvalue weighted by atomic mass is 19.1. The Labute approximate surface area is 225 Å². The lowest BCUT2D eigenvalue weighted by molar-refractivity contribution is 0.400. The van der Waals surface area contributed by atoms with E-state index in [0.29, 0.717) is 22.7 Å². The molecule has 0 bridgehead atoms. The predicted molar refractivity (Wildman–Crippen MR) is 151 cm³/mol. The molecule has 9 nitrogen and oxygen atoms in total. The lowest BCUT2D eigenvalue weighted by Crippen LogP contribution is -2.13. The van der Waals surface area contributed by atoms with Gasteiger partial charge in [0.15, 0.2) is 17.2 Å². The number of rotatable bonds is 8. The molecule has 0 unspecified atom stereocenters. The van der Waals surface area contributed by atoms with Gasteiger partial charge in [-0.15, -0.1) is 0 Å². The number of fused-ring (bicyclic) bond motifs is 2. The zero-order chi connectivity index (χ0) is 27.1. The van der Waals surface area contributed by atoms with Crippen molar-refractivity contribution in [2.24, 2.45) is 7.05 Å². The molecule has 6 aromatic rings. The van der Waals surface area contributed by atoms with Gasteiger partial charge in [-0.2, -0.15) is 10.2 Å². The molecule has 6 rings (SSSR count). The summed E-state index contributed by atoms with van der Waals surface area (Å²) < 4.78 is 16.5. The Morgan fingerprint density at radius 3 is 2.74 bits per heavy atom. The normalized spacial score (nSPS) is 11.8. The van der Waals surface area contributed by atoms with Crippen LogP contribution in [0.2, 0.25) is 0 Å². The molecular weight excluding hydrogens is 493 g/mol. The van der Waals surface area contributed by atoms with Gasteiger partial charge in [-0.25, -0.2) is 19.3 Å². The molecule has 0 saturated heterocycles. The maximum Gasteiger partial charge on any atom is 0.178 e. The Balaban J connectivity index is 1.41. The van der Waals surface area contributed by atoms with Crippen molar-refractivity contribution in [2.75, 3.05) is 20.6 Å². The van der Waals surface area contributed by atoms with E-state index in [1.54, 1.807) is 18.3 Å². The minimum absolute atomic E-state index is 0.256. The van der Waals surface area contributed by atoms with Gasteiger partial charge in [0, 0.05) is 30.6 Å². The van der Waals surface area contributed by atoms with E-state index in [2.05, 4.69) is 37.1 Å². The molecule has 39 heavy (non-hydrogen) atoms. The van der Waals surface area contributed by atoms with Crippen LogP contribution in [0.25, 0.3) is 56.1 Å². The van der Waals surface area contributed by atoms with E-state index < -0.39 is 0 Å². The van der Waals surface area contributed by atoms with Gasteiger partial charge in [0.1, 0.15) is 11.3 Å². The summed E-state index contributed by atoms with van der Waals surface area (Å²) in [4.78, 5) is 19.7. The minimum Gasteiger partial charge on any atom is -0.335 e. The first kappa shape index (κ1) is 24.9. The van der Waals surface area contributed by atoms with Crippen LogP contribution in [0.1, 0.15) is 24.6 Å². The molecule has 1 aromatic carbocycles. The van der Waals surface area contributed by atoms with Crippen molar-refractivity contribution in [1.29, 1.82) is 0 Å². The fourth-order valence-corrected chi connectivity index (χ4v) is 5.04. The number of nitrogens with one attached hydrogen (secondary N) is 2. The largest absolute Gasteiger partial charge is 0.335 e. The quantitative estimate of drug-likeness (QED) is 0.286. The van der Waals surface area contributed by atoms with Gasteiger partial charge >= 0.3 is 0 Å². The van der Waals surface area contributed by atoms with Gasteiger partial charge in [0.25, 0.3) is 0 Å². The summed E-state index contributed by atoms with van der Waals surface area (Å²) in [7, 11) is 6.00. The average Bonchev–Trinajstić information content (AvgIpc) is 3.63. The number of aryl methyl sites for hydroxylation is 3. The Hall–Kier alpha value is -4.44. The number of H-pyrrole nitrogens is 2. The van der Waals surface area contributed by atoms with Crippen LogP contribution >= 0.6 is 0 Å². The summed E-state index contributed by atoms with van der Waals surface area (Å²) in [5.74, 6) is 0.291. The van der Waals surface area contributed by atoms with Crippen LogP contribution in [-0.4, -0.2) is 65.5 Å². The number of nitrogens with zero attached hydrogens (tertiary/aromatic N) is 7. The van der Waals surface area contributed by atoms with Crippen LogP contribution in [0, 0.1) is 5.82 Å². The third kappa shape index (κ3) is 4.79. The Morgan fingerprint density at radius 1 is 1.05 bits per heavy atom. The van der Waals surface area contributed by atoms with Crippen LogP contribution < -0.4 is 0 Å². The third-order valence-electron chi connectivity index (χ3n) is 6.88. The molecule has 0 aliphatic rings. The van der Waals surface area contributed by atoms with Gasteiger partial charge < -0.3 is 9.88 Å². The monoisotopic (exact) mass is 523 g/mol. The number of pyridine rings is 2. The van der Waals surface area contributed by atoms with E-state index in [4.69, 9.17) is 9.97 Å². The summed E-state index contributed by atoms with van der Waals surface area (Å²) in [6.45, 7) is 3.03. The summed E-state index contributed by atoms with van der Waals surface area (Å²) in [6.07, 6.45) is 6.25. The standard InChI is InChI=1S/C29H30FN9/c1-5-22-21(16-39(4)37-22)23-8-9-24-26(32-23)27(36-35-24)29-33-25-20(10-11-31-28(25)34-29)18-13-17(14-19(30)15-18)7-6-12-38(2)3/h8-11,13-16H,5-7,12H2,1-4H3,(H,35,36)(H,31,33,34). The molecule has 198 valence electrons. The lowest BCUT2D eigenvalue weighted by atomic mass is 10.0. The number of halogens is 1. The highest BCUT2D eigenvalue weighted by molar-refractivity contribution is 5.95.